The molecule has 1 amide bonds. The van der Waals surface area contributed by atoms with Crippen LogP contribution in [0, 0.1) is 6.92 Å². The zero-order valence-corrected chi connectivity index (χ0v) is 22.5. The van der Waals surface area contributed by atoms with Gasteiger partial charge in [0, 0.05) is 30.4 Å². The highest BCUT2D eigenvalue weighted by Crippen LogP contribution is 2.35. The number of hydrogen-bond acceptors (Lipinski definition) is 6. The topological polar surface area (TPSA) is 68.9 Å². The van der Waals surface area contributed by atoms with E-state index in [9.17, 15) is 4.79 Å². The SMILES string of the molecule is CCCOc1ccc(-c2nn(-c3ccccc3)cc2/C=C2\SC(N3C[C@@H](C)O[C@@H](C)C3)=NC2=O)c(C)c1. The molecular weight excluding hydrogens is 484 g/mol. The van der Waals surface area contributed by atoms with Crippen molar-refractivity contribution in [3.05, 3.63) is 70.8 Å². The van der Waals surface area contributed by atoms with Crippen LogP contribution in [0.15, 0.2) is 64.6 Å². The Morgan fingerprint density at radius 1 is 1.14 bits per heavy atom. The highest BCUT2D eigenvalue weighted by atomic mass is 32.2. The maximum Gasteiger partial charge on any atom is 0.286 e. The van der Waals surface area contributed by atoms with Crippen LogP contribution in [0.2, 0.25) is 0 Å². The summed E-state index contributed by atoms with van der Waals surface area (Å²) in [7, 11) is 0. The Balaban J connectivity index is 1.49. The fourth-order valence-electron chi connectivity index (χ4n) is 4.64. The molecule has 37 heavy (non-hydrogen) atoms. The Kier molecular flexibility index (Phi) is 7.48. The van der Waals surface area contributed by atoms with Crippen molar-refractivity contribution >= 4 is 28.9 Å². The van der Waals surface area contributed by atoms with E-state index in [0.717, 1.165) is 58.5 Å². The van der Waals surface area contributed by atoms with Crippen LogP contribution in [0.3, 0.4) is 0 Å². The number of nitrogens with zero attached hydrogens (tertiary/aromatic N) is 4. The fourth-order valence-corrected chi connectivity index (χ4v) is 5.56. The number of ether oxygens (including phenoxy) is 2. The predicted molar refractivity (Wildman–Crippen MR) is 149 cm³/mol. The first-order valence-electron chi connectivity index (χ1n) is 12.7. The van der Waals surface area contributed by atoms with Crippen molar-refractivity contribution in [1.82, 2.24) is 14.7 Å². The highest BCUT2D eigenvalue weighted by Gasteiger charge is 2.31. The molecule has 5 rings (SSSR count). The van der Waals surface area contributed by atoms with E-state index in [-0.39, 0.29) is 18.1 Å². The summed E-state index contributed by atoms with van der Waals surface area (Å²) in [4.78, 5) is 20.1. The molecule has 0 radical (unpaired) electrons. The lowest BCUT2D eigenvalue weighted by molar-refractivity contribution is -0.113. The van der Waals surface area contributed by atoms with Gasteiger partial charge in [-0.1, -0.05) is 25.1 Å². The zero-order valence-electron chi connectivity index (χ0n) is 21.7. The molecule has 0 bridgehead atoms. The number of hydrogen-bond donors (Lipinski definition) is 0. The molecule has 0 saturated carbocycles. The first-order chi connectivity index (χ1) is 17.9. The molecule has 3 aromatic rings. The molecule has 1 aromatic heterocycles. The van der Waals surface area contributed by atoms with Gasteiger partial charge in [-0.3, -0.25) is 4.79 Å². The normalized spacial score (nSPS) is 21.0. The first-order valence-corrected chi connectivity index (χ1v) is 13.5. The van der Waals surface area contributed by atoms with Crippen LogP contribution in [-0.2, 0) is 9.53 Å². The summed E-state index contributed by atoms with van der Waals surface area (Å²) in [5.41, 5.74) is 4.69. The number of benzene rings is 2. The molecule has 1 saturated heterocycles. The summed E-state index contributed by atoms with van der Waals surface area (Å²) in [5.74, 6) is 0.629. The molecule has 0 aliphatic carbocycles. The molecule has 2 aromatic carbocycles. The molecule has 192 valence electrons. The van der Waals surface area contributed by atoms with E-state index >= 15 is 0 Å². The van der Waals surface area contributed by atoms with E-state index in [1.54, 1.807) is 0 Å². The number of rotatable bonds is 6. The summed E-state index contributed by atoms with van der Waals surface area (Å²) < 4.78 is 13.5. The number of amides is 1. The lowest BCUT2D eigenvalue weighted by atomic mass is 10.0. The molecule has 0 spiro atoms. The number of carbonyl (C=O) groups excluding carboxylic acids is 1. The third-order valence-corrected chi connectivity index (χ3v) is 7.32. The third kappa shape index (κ3) is 5.65. The van der Waals surface area contributed by atoms with Crippen molar-refractivity contribution in [3.8, 4) is 22.7 Å². The maximum atomic E-state index is 13.0. The minimum absolute atomic E-state index is 0.0955. The van der Waals surface area contributed by atoms with Gasteiger partial charge in [0.05, 0.1) is 29.4 Å². The van der Waals surface area contributed by atoms with E-state index in [0.29, 0.717) is 11.5 Å². The molecule has 0 N–H and O–H groups in total. The molecular formula is C29H32N4O3S. The predicted octanol–water partition coefficient (Wildman–Crippen LogP) is 5.72. The van der Waals surface area contributed by atoms with Crippen molar-refractivity contribution < 1.29 is 14.3 Å². The molecule has 2 aliphatic rings. The van der Waals surface area contributed by atoms with Gasteiger partial charge >= 0.3 is 0 Å². The van der Waals surface area contributed by atoms with Crippen LogP contribution >= 0.6 is 11.8 Å². The van der Waals surface area contributed by atoms with E-state index < -0.39 is 0 Å². The van der Waals surface area contributed by atoms with E-state index in [1.165, 1.54) is 11.8 Å². The second-order valence-electron chi connectivity index (χ2n) is 9.51. The monoisotopic (exact) mass is 516 g/mol. The number of amidine groups is 1. The Bertz CT molecular complexity index is 1340. The smallest absolute Gasteiger partial charge is 0.286 e. The quantitative estimate of drug-likeness (QED) is 0.391. The average molecular weight is 517 g/mol. The Hall–Kier alpha value is -3.36. The number of morpholine rings is 1. The summed E-state index contributed by atoms with van der Waals surface area (Å²) >= 11 is 1.42. The lowest BCUT2D eigenvalue weighted by Gasteiger charge is -2.35. The van der Waals surface area contributed by atoms with Crippen molar-refractivity contribution in [2.45, 2.75) is 46.3 Å². The average Bonchev–Trinajstić information content (AvgIpc) is 3.46. The summed E-state index contributed by atoms with van der Waals surface area (Å²) in [6.45, 7) is 10.4. The Labute approximate surface area is 222 Å². The molecule has 7 nitrogen and oxygen atoms in total. The van der Waals surface area contributed by atoms with Crippen molar-refractivity contribution in [2.75, 3.05) is 19.7 Å². The molecule has 8 heteroatoms. The number of aromatic nitrogens is 2. The van der Waals surface area contributed by atoms with Crippen LogP contribution in [0.5, 0.6) is 5.75 Å². The first kappa shape index (κ1) is 25.3. The summed E-state index contributed by atoms with van der Waals surface area (Å²) in [5, 5.41) is 5.69. The van der Waals surface area contributed by atoms with E-state index in [4.69, 9.17) is 14.6 Å². The molecule has 2 atom stereocenters. The van der Waals surface area contributed by atoms with Gasteiger partial charge in [0.2, 0.25) is 0 Å². The number of para-hydroxylation sites is 1. The van der Waals surface area contributed by atoms with Crippen LogP contribution in [0.4, 0.5) is 0 Å². The molecule has 3 heterocycles. The van der Waals surface area contributed by atoms with Gasteiger partial charge in [-0.2, -0.15) is 10.1 Å². The van der Waals surface area contributed by atoms with Gasteiger partial charge in [0.25, 0.3) is 5.91 Å². The van der Waals surface area contributed by atoms with Gasteiger partial charge in [0.15, 0.2) is 5.17 Å². The summed E-state index contributed by atoms with van der Waals surface area (Å²) in [6, 6.07) is 16.0. The second kappa shape index (κ2) is 10.9. The van der Waals surface area contributed by atoms with Gasteiger partial charge in [0.1, 0.15) is 11.4 Å². The lowest BCUT2D eigenvalue weighted by Crippen LogP contribution is -2.47. The van der Waals surface area contributed by atoms with E-state index in [1.807, 2.05) is 79.3 Å². The minimum atomic E-state index is -0.217. The van der Waals surface area contributed by atoms with Gasteiger partial charge in [-0.15, -0.1) is 0 Å². The van der Waals surface area contributed by atoms with Crippen LogP contribution in [0.25, 0.3) is 23.0 Å². The standard InChI is InChI=1S/C29H32N4O3S/c1-5-13-35-24-11-12-25(19(2)14-24)27-22(18-33(31-27)23-9-7-6-8-10-23)15-26-28(34)30-29(37-26)32-16-20(3)36-21(4)17-32/h6-12,14-15,18,20-21H,5,13,16-17H2,1-4H3/b26-15-/t20-,21+. The van der Waals surface area contributed by atoms with Gasteiger partial charge < -0.3 is 14.4 Å². The van der Waals surface area contributed by atoms with Crippen molar-refractivity contribution in [1.29, 1.82) is 0 Å². The number of aryl methyl sites for hydroxylation is 1. The zero-order chi connectivity index (χ0) is 25.9. The Morgan fingerprint density at radius 3 is 2.59 bits per heavy atom. The van der Waals surface area contributed by atoms with Gasteiger partial charge in [-0.05, 0) is 80.9 Å². The number of thioether (sulfide) groups is 1. The molecule has 2 aliphatic heterocycles. The minimum Gasteiger partial charge on any atom is -0.494 e. The van der Waals surface area contributed by atoms with Crippen LogP contribution in [-0.4, -0.2) is 57.7 Å². The van der Waals surface area contributed by atoms with Gasteiger partial charge in [-0.25, -0.2) is 4.68 Å². The molecule has 0 unspecified atom stereocenters. The maximum absolute atomic E-state index is 13.0. The fraction of sp³-hybridized carbons (Fsp3) is 0.345. The van der Waals surface area contributed by atoms with Crippen LogP contribution < -0.4 is 4.74 Å². The van der Waals surface area contributed by atoms with Crippen molar-refractivity contribution in [3.63, 3.8) is 0 Å². The van der Waals surface area contributed by atoms with Crippen molar-refractivity contribution in [2.24, 2.45) is 4.99 Å². The summed E-state index contributed by atoms with van der Waals surface area (Å²) in [6.07, 6.45) is 5.04. The second-order valence-corrected chi connectivity index (χ2v) is 10.5. The number of aliphatic imine (C=N–C) groups is 1. The number of carbonyl (C=O) groups is 1. The molecule has 1 fully saturated rings. The largest absolute Gasteiger partial charge is 0.494 e. The third-order valence-electron chi connectivity index (χ3n) is 6.28. The van der Waals surface area contributed by atoms with Crippen LogP contribution in [0.1, 0.15) is 38.3 Å². The highest BCUT2D eigenvalue weighted by molar-refractivity contribution is 8.18. The van der Waals surface area contributed by atoms with E-state index in [2.05, 4.69) is 23.7 Å². The Morgan fingerprint density at radius 2 is 1.89 bits per heavy atom.